The Balaban J connectivity index is 1.25. The zero-order valence-electron chi connectivity index (χ0n) is 15.6. The summed E-state index contributed by atoms with van der Waals surface area (Å²) in [6.07, 6.45) is 6.87. The zero-order chi connectivity index (χ0) is 17.6. The SMILES string of the molecule is c1ccc(CCCN2CCN(c3nccc(N4CCCC4)n3)CC2)cc1. The number of aromatic nitrogens is 2. The van der Waals surface area contributed by atoms with Crippen molar-refractivity contribution in [1.82, 2.24) is 14.9 Å². The molecule has 0 saturated carbocycles. The van der Waals surface area contributed by atoms with Crippen LogP contribution in [0, 0.1) is 0 Å². The van der Waals surface area contributed by atoms with Crippen molar-refractivity contribution in [3.05, 3.63) is 48.2 Å². The summed E-state index contributed by atoms with van der Waals surface area (Å²) in [6, 6.07) is 12.8. The van der Waals surface area contributed by atoms with Gasteiger partial charge in [0.2, 0.25) is 5.95 Å². The Morgan fingerprint density at radius 1 is 0.808 bits per heavy atom. The maximum Gasteiger partial charge on any atom is 0.227 e. The van der Waals surface area contributed by atoms with Crippen LogP contribution in [0.5, 0.6) is 0 Å². The maximum absolute atomic E-state index is 4.83. The summed E-state index contributed by atoms with van der Waals surface area (Å²) in [5, 5.41) is 0. The number of benzene rings is 1. The second kappa shape index (κ2) is 8.49. The highest BCUT2D eigenvalue weighted by molar-refractivity contribution is 5.44. The number of rotatable bonds is 6. The topological polar surface area (TPSA) is 35.5 Å². The molecule has 1 aromatic heterocycles. The predicted molar refractivity (Wildman–Crippen MR) is 107 cm³/mol. The summed E-state index contributed by atoms with van der Waals surface area (Å²) in [5.41, 5.74) is 1.44. The molecule has 1 aromatic carbocycles. The molecule has 2 aliphatic rings. The van der Waals surface area contributed by atoms with E-state index in [2.05, 4.69) is 56.1 Å². The summed E-state index contributed by atoms with van der Waals surface area (Å²) >= 11 is 0. The van der Waals surface area contributed by atoms with Crippen LogP contribution in [0.3, 0.4) is 0 Å². The first-order valence-electron chi connectivity index (χ1n) is 9.98. The summed E-state index contributed by atoms with van der Waals surface area (Å²) in [7, 11) is 0. The third-order valence-electron chi connectivity index (χ3n) is 5.50. The van der Waals surface area contributed by atoms with E-state index in [1.165, 1.54) is 37.8 Å². The fraction of sp³-hybridized carbons (Fsp3) is 0.524. The minimum atomic E-state index is 0.901. The van der Waals surface area contributed by atoms with Crippen molar-refractivity contribution in [2.45, 2.75) is 25.7 Å². The van der Waals surface area contributed by atoms with Gasteiger partial charge in [0, 0.05) is 45.5 Å². The standard InChI is InChI=1S/C21H29N5/c1-2-7-19(8-3-1)9-6-12-24-15-17-26(18-16-24)21-22-11-10-20(23-21)25-13-4-5-14-25/h1-3,7-8,10-11H,4-6,9,12-18H2. The van der Waals surface area contributed by atoms with Gasteiger partial charge in [0.1, 0.15) is 5.82 Å². The van der Waals surface area contributed by atoms with Gasteiger partial charge in [0.25, 0.3) is 0 Å². The van der Waals surface area contributed by atoms with E-state index in [1.54, 1.807) is 0 Å². The molecule has 0 spiro atoms. The lowest BCUT2D eigenvalue weighted by Crippen LogP contribution is -2.47. The van der Waals surface area contributed by atoms with Crippen LogP contribution in [0.25, 0.3) is 0 Å². The van der Waals surface area contributed by atoms with Crippen LogP contribution in [0.4, 0.5) is 11.8 Å². The molecule has 26 heavy (non-hydrogen) atoms. The van der Waals surface area contributed by atoms with Crippen LogP contribution in [0.15, 0.2) is 42.6 Å². The van der Waals surface area contributed by atoms with E-state index in [1.807, 2.05) is 6.20 Å². The average Bonchev–Trinajstić information content (AvgIpc) is 3.24. The number of anilines is 2. The number of piperazine rings is 1. The van der Waals surface area contributed by atoms with E-state index in [0.717, 1.165) is 51.0 Å². The van der Waals surface area contributed by atoms with Gasteiger partial charge >= 0.3 is 0 Å². The van der Waals surface area contributed by atoms with Crippen molar-refractivity contribution in [3.63, 3.8) is 0 Å². The second-order valence-corrected chi connectivity index (χ2v) is 7.33. The number of nitrogens with zero attached hydrogens (tertiary/aromatic N) is 5. The molecule has 0 aliphatic carbocycles. The molecular formula is C21H29N5. The fourth-order valence-electron chi connectivity index (χ4n) is 3.94. The monoisotopic (exact) mass is 351 g/mol. The van der Waals surface area contributed by atoms with Gasteiger partial charge in [-0.05, 0) is 43.9 Å². The van der Waals surface area contributed by atoms with E-state index in [9.17, 15) is 0 Å². The Labute approximate surface area is 156 Å². The normalized spacial score (nSPS) is 18.5. The van der Waals surface area contributed by atoms with Crippen LogP contribution in [0.1, 0.15) is 24.8 Å². The van der Waals surface area contributed by atoms with Gasteiger partial charge in [0.05, 0.1) is 0 Å². The van der Waals surface area contributed by atoms with Gasteiger partial charge in [-0.3, -0.25) is 4.90 Å². The first kappa shape index (κ1) is 17.3. The highest BCUT2D eigenvalue weighted by Gasteiger charge is 2.20. The van der Waals surface area contributed by atoms with E-state index in [0.29, 0.717) is 0 Å². The molecule has 138 valence electrons. The molecule has 0 N–H and O–H groups in total. The predicted octanol–water partition coefficient (Wildman–Crippen LogP) is 2.83. The first-order valence-corrected chi connectivity index (χ1v) is 9.98. The highest BCUT2D eigenvalue weighted by atomic mass is 15.3. The Kier molecular flexibility index (Phi) is 5.65. The zero-order valence-corrected chi connectivity index (χ0v) is 15.6. The molecule has 5 nitrogen and oxygen atoms in total. The fourth-order valence-corrected chi connectivity index (χ4v) is 3.94. The molecule has 2 aliphatic heterocycles. The molecule has 0 bridgehead atoms. The quantitative estimate of drug-likeness (QED) is 0.800. The highest BCUT2D eigenvalue weighted by Crippen LogP contribution is 2.20. The molecule has 5 heteroatoms. The molecule has 2 aromatic rings. The van der Waals surface area contributed by atoms with Gasteiger partial charge in [-0.15, -0.1) is 0 Å². The Hall–Kier alpha value is -2.14. The molecule has 0 unspecified atom stereocenters. The van der Waals surface area contributed by atoms with Gasteiger partial charge in [-0.2, -0.15) is 4.98 Å². The molecule has 3 heterocycles. The minimum Gasteiger partial charge on any atom is -0.356 e. The van der Waals surface area contributed by atoms with E-state index >= 15 is 0 Å². The van der Waals surface area contributed by atoms with Crippen molar-refractivity contribution in [2.24, 2.45) is 0 Å². The Morgan fingerprint density at radius 2 is 1.58 bits per heavy atom. The van der Waals surface area contributed by atoms with Gasteiger partial charge in [-0.1, -0.05) is 30.3 Å². The Morgan fingerprint density at radius 3 is 2.35 bits per heavy atom. The molecule has 0 atom stereocenters. The lowest BCUT2D eigenvalue weighted by atomic mass is 10.1. The van der Waals surface area contributed by atoms with Crippen LogP contribution in [0.2, 0.25) is 0 Å². The minimum absolute atomic E-state index is 0.901. The van der Waals surface area contributed by atoms with Gasteiger partial charge in [-0.25, -0.2) is 4.98 Å². The smallest absolute Gasteiger partial charge is 0.227 e. The van der Waals surface area contributed by atoms with E-state index in [-0.39, 0.29) is 0 Å². The lowest BCUT2D eigenvalue weighted by molar-refractivity contribution is 0.254. The van der Waals surface area contributed by atoms with Crippen LogP contribution in [-0.2, 0) is 6.42 Å². The summed E-state index contributed by atoms with van der Waals surface area (Å²) < 4.78 is 0. The van der Waals surface area contributed by atoms with Gasteiger partial charge in [0.15, 0.2) is 0 Å². The van der Waals surface area contributed by atoms with Crippen LogP contribution >= 0.6 is 0 Å². The lowest BCUT2D eigenvalue weighted by Gasteiger charge is -2.35. The van der Waals surface area contributed by atoms with Crippen molar-refractivity contribution in [2.75, 3.05) is 55.6 Å². The molecule has 2 fully saturated rings. The number of hydrogen-bond acceptors (Lipinski definition) is 5. The van der Waals surface area contributed by atoms with Crippen molar-refractivity contribution in [1.29, 1.82) is 0 Å². The van der Waals surface area contributed by atoms with Crippen molar-refractivity contribution >= 4 is 11.8 Å². The Bertz CT molecular complexity index is 676. The molecule has 0 radical (unpaired) electrons. The third-order valence-corrected chi connectivity index (χ3v) is 5.50. The summed E-state index contributed by atoms with van der Waals surface area (Å²) in [4.78, 5) is 16.7. The molecule has 0 amide bonds. The van der Waals surface area contributed by atoms with Crippen LogP contribution in [-0.4, -0.2) is 60.7 Å². The first-order chi connectivity index (χ1) is 12.9. The number of aryl methyl sites for hydroxylation is 1. The van der Waals surface area contributed by atoms with E-state index < -0.39 is 0 Å². The summed E-state index contributed by atoms with van der Waals surface area (Å²) in [5.74, 6) is 2.00. The summed E-state index contributed by atoms with van der Waals surface area (Å²) in [6.45, 7) is 7.69. The molecule has 4 rings (SSSR count). The maximum atomic E-state index is 4.83. The number of hydrogen-bond donors (Lipinski definition) is 0. The van der Waals surface area contributed by atoms with E-state index in [4.69, 9.17) is 4.98 Å². The van der Waals surface area contributed by atoms with Gasteiger partial charge < -0.3 is 9.80 Å². The molecule has 2 saturated heterocycles. The second-order valence-electron chi connectivity index (χ2n) is 7.33. The van der Waals surface area contributed by atoms with Crippen molar-refractivity contribution < 1.29 is 0 Å². The average molecular weight is 351 g/mol. The molecular weight excluding hydrogens is 322 g/mol. The largest absolute Gasteiger partial charge is 0.356 e. The third kappa shape index (κ3) is 4.33. The van der Waals surface area contributed by atoms with Crippen molar-refractivity contribution in [3.8, 4) is 0 Å². The van der Waals surface area contributed by atoms with Crippen LogP contribution < -0.4 is 9.80 Å².